The molecule has 0 aliphatic rings. The lowest BCUT2D eigenvalue weighted by atomic mass is 9.97. The number of halogens is 1. The molecule has 1 N–H and O–H groups in total. The van der Waals surface area contributed by atoms with Crippen molar-refractivity contribution < 1.29 is 19.0 Å². The SMILES string of the molecule is COc1ccc(C(C)F)cc1CC(C)C(=O)O. The van der Waals surface area contributed by atoms with Crippen LogP contribution in [0.4, 0.5) is 4.39 Å². The number of hydrogen-bond acceptors (Lipinski definition) is 2. The highest BCUT2D eigenvalue weighted by molar-refractivity contribution is 5.70. The molecule has 0 bridgehead atoms. The summed E-state index contributed by atoms with van der Waals surface area (Å²) < 4.78 is 18.3. The molecule has 1 aromatic carbocycles. The molecule has 2 unspecified atom stereocenters. The number of alkyl halides is 1. The number of methoxy groups -OCH3 is 1. The number of rotatable bonds is 5. The molecule has 0 aromatic heterocycles. The number of hydrogen-bond donors (Lipinski definition) is 1. The molecule has 0 spiro atoms. The van der Waals surface area contributed by atoms with Gasteiger partial charge in [0.1, 0.15) is 11.9 Å². The first kappa shape index (κ1) is 13.5. The van der Waals surface area contributed by atoms with Crippen LogP contribution in [-0.4, -0.2) is 18.2 Å². The summed E-state index contributed by atoms with van der Waals surface area (Å²) in [6, 6.07) is 5.00. The molecule has 0 aliphatic carbocycles. The average molecular weight is 240 g/mol. The Kier molecular flexibility index (Phi) is 4.49. The Bertz CT molecular complexity index is 402. The Morgan fingerprint density at radius 2 is 2.12 bits per heavy atom. The maximum Gasteiger partial charge on any atom is 0.306 e. The smallest absolute Gasteiger partial charge is 0.306 e. The van der Waals surface area contributed by atoms with E-state index >= 15 is 0 Å². The first-order valence-corrected chi connectivity index (χ1v) is 5.49. The molecule has 0 saturated heterocycles. The van der Waals surface area contributed by atoms with Crippen LogP contribution in [0.2, 0.25) is 0 Å². The third-order valence-corrected chi connectivity index (χ3v) is 2.71. The highest BCUT2D eigenvalue weighted by atomic mass is 19.1. The molecule has 17 heavy (non-hydrogen) atoms. The van der Waals surface area contributed by atoms with Crippen LogP contribution in [0.25, 0.3) is 0 Å². The fraction of sp³-hybridized carbons (Fsp3) is 0.462. The van der Waals surface area contributed by atoms with E-state index in [0.29, 0.717) is 17.7 Å². The molecule has 0 aliphatic heterocycles. The lowest BCUT2D eigenvalue weighted by Gasteiger charge is -2.13. The number of carbonyl (C=O) groups is 1. The largest absolute Gasteiger partial charge is 0.496 e. The Labute approximate surface area is 100 Å². The summed E-state index contributed by atoms with van der Waals surface area (Å²) in [5.41, 5.74) is 1.27. The Hall–Kier alpha value is -1.58. The Morgan fingerprint density at radius 3 is 2.59 bits per heavy atom. The van der Waals surface area contributed by atoms with Crippen LogP contribution in [0.15, 0.2) is 18.2 Å². The topological polar surface area (TPSA) is 46.5 Å². The molecule has 0 amide bonds. The zero-order valence-corrected chi connectivity index (χ0v) is 10.2. The van der Waals surface area contributed by atoms with Gasteiger partial charge in [-0.1, -0.05) is 13.0 Å². The van der Waals surface area contributed by atoms with Crippen LogP contribution in [0.3, 0.4) is 0 Å². The molecule has 1 aromatic rings. The van der Waals surface area contributed by atoms with E-state index in [1.54, 1.807) is 25.1 Å². The van der Waals surface area contributed by atoms with Crippen LogP contribution >= 0.6 is 0 Å². The molecule has 3 nitrogen and oxygen atoms in total. The third-order valence-electron chi connectivity index (χ3n) is 2.71. The molecule has 4 heteroatoms. The quantitative estimate of drug-likeness (QED) is 0.860. The van der Waals surface area contributed by atoms with Gasteiger partial charge in [-0.05, 0) is 36.6 Å². The van der Waals surface area contributed by atoms with E-state index in [2.05, 4.69) is 0 Å². The second-order valence-electron chi connectivity index (χ2n) is 4.13. The fourth-order valence-electron chi connectivity index (χ4n) is 1.62. The van der Waals surface area contributed by atoms with Crippen molar-refractivity contribution in [1.29, 1.82) is 0 Å². The normalized spacial score (nSPS) is 14.1. The molecule has 1 rings (SSSR count). The second-order valence-corrected chi connectivity index (χ2v) is 4.13. The van der Waals surface area contributed by atoms with Crippen molar-refractivity contribution in [3.8, 4) is 5.75 Å². The van der Waals surface area contributed by atoms with Crippen molar-refractivity contribution in [2.24, 2.45) is 5.92 Å². The van der Waals surface area contributed by atoms with Crippen molar-refractivity contribution in [3.63, 3.8) is 0 Å². The first-order chi connectivity index (χ1) is 7.95. The highest BCUT2D eigenvalue weighted by Crippen LogP contribution is 2.27. The minimum atomic E-state index is -1.07. The van der Waals surface area contributed by atoms with Crippen LogP contribution in [0.5, 0.6) is 5.75 Å². The predicted molar refractivity (Wildman–Crippen MR) is 63.0 cm³/mol. The zero-order chi connectivity index (χ0) is 13.0. The van der Waals surface area contributed by atoms with E-state index < -0.39 is 18.1 Å². The summed E-state index contributed by atoms with van der Waals surface area (Å²) in [4.78, 5) is 10.8. The molecule has 0 saturated carbocycles. The van der Waals surface area contributed by atoms with Gasteiger partial charge in [0.15, 0.2) is 0 Å². The van der Waals surface area contributed by atoms with Gasteiger partial charge in [-0.2, -0.15) is 0 Å². The lowest BCUT2D eigenvalue weighted by Crippen LogP contribution is -2.13. The summed E-state index contributed by atoms with van der Waals surface area (Å²) >= 11 is 0. The van der Waals surface area contributed by atoms with Crippen LogP contribution in [0.1, 0.15) is 31.1 Å². The van der Waals surface area contributed by atoms with Gasteiger partial charge in [-0.15, -0.1) is 0 Å². The second kappa shape index (κ2) is 5.66. The van der Waals surface area contributed by atoms with Crippen LogP contribution in [0, 0.1) is 5.92 Å². The maximum atomic E-state index is 13.2. The lowest BCUT2D eigenvalue weighted by molar-refractivity contribution is -0.141. The standard InChI is InChI=1S/C13H17FO3/c1-8(13(15)16)6-11-7-10(9(2)14)4-5-12(11)17-3/h4-5,7-9H,6H2,1-3H3,(H,15,16). The fourth-order valence-corrected chi connectivity index (χ4v) is 1.62. The van der Waals surface area contributed by atoms with Crippen molar-refractivity contribution in [1.82, 2.24) is 0 Å². The van der Waals surface area contributed by atoms with Gasteiger partial charge in [0.25, 0.3) is 0 Å². The Balaban J connectivity index is 3.01. The molecule has 0 fully saturated rings. The monoisotopic (exact) mass is 240 g/mol. The predicted octanol–water partition coefficient (Wildman–Crippen LogP) is 2.99. The van der Waals surface area contributed by atoms with Crippen molar-refractivity contribution in [3.05, 3.63) is 29.3 Å². The molecular formula is C13H17FO3. The van der Waals surface area contributed by atoms with Gasteiger partial charge in [0.2, 0.25) is 0 Å². The number of carboxylic acids is 1. The van der Waals surface area contributed by atoms with Gasteiger partial charge in [-0.25, -0.2) is 4.39 Å². The van der Waals surface area contributed by atoms with E-state index in [0.717, 1.165) is 5.56 Å². The molecule has 0 radical (unpaired) electrons. The number of aliphatic carboxylic acids is 1. The van der Waals surface area contributed by atoms with E-state index in [1.165, 1.54) is 14.0 Å². The average Bonchev–Trinajstić information content (AvgIpc) is 2.28. The van der Waals surface area contributed by atoms with Gasteiger partial charge in [0, 0.05) is 0 Å². The molecule has 2 atom stereocenters. The van der Waals surface area contributed by atoms with E-state index in [9.17, 15) is 9.18 Å². The summed E-state index contributed by atoms with van der Waals surface area (Å²) in [5.74, 6) is -0.790. The van der Waals surface area contributed by atoms with Crippen LogP contribution in [-0.2, 0) is 11.2 Å². The van der Waals surface area contributed by atoms with E-state index in [1.807, 2.05) is 0 Å². The van der Waals surface area contributed by atoms with Gasteiger partial charge in [-0.3, -0.25) is 4.79 Å². The number of benzene rings is 1. The molecular weight excluding hydrogens is 223 g/mol. The van der Waals surface area contributed by atoms with Crippen molar-refractivity contribution in [2.45, 2.75) is 26.4 Å². The number of ether oxygens (including phenoxy) is 1. The minimum absolute atomic E-state index is 0.332. The highest BCUT2D eigenvalue weighted by Gasteiger charge is 2.16. The van der Waals surface area contributed by atoms with Gasteiger partial charge >= 0.3 is 5.97 Å². The van der Waals surface area contributed by atoms with Gasteiger partial charge < -0.3 is 9.84 Å². The number of carboxylic acid groups (broad SMARTS) is 1. The van der Waals surface area contributed by atoms with Crippen molar-refractivity contribution in [2.75, 3.05) is 7.11 Å². The third kappa shape index (κ3) is 3.44. The zero-order valence-electron chi connectivity index (χ0n) is 10.2. The Morgan fingerprint density at radius 1 is 1.47 bits per heavy atom. The van der Waals surface area contributed by atoms with Crippen molar-refractivity contribution >= 4 is 5.97 Å². The summed E-state index contributed by atoms with van der Waals surface area (Å²) in [5, 5.41) is 8.87. The molecule has 0 heterocycles. The first-order valence-electron chi connectivity index (χ1n) is 5.49. The molecule has 94 valence electrons. The minimum Gasteiger partial charge on any atom is -0.496 e. The maximum absolute atomic E-state index is 13.2. The summed E-state index contributed by atoms with van der Waals surface area (Å²) in [6.45, 7) is 3.07. The summed E-state index contributed by atoms with van der Waals surface area (Å²) in [6.07, 6.45) is -0.737. The summed E-state index contributed by atoms with van der Waals surface area (Å²) in [7, 11) is 1.52. The van der Waals surface area contributed by atoms with Crippen LogP contribution < -0.4 is 4.74 Å². The van der Waals surface area contributed by atoms with E-state index in [-0.39, 0.29) is 0 Å². The van der Waals surface area contributed by atoms with E-state index in [4.69, 9.17) is 9.84 Å². The van der Waals surface area contributed by atoms with Gasteiger partial charge in [0.05, 0.1) is 13.0 Å².